The normalized spacial score (nSPS) is 12.7. The highest BCUT2D eigenvalue weighted by molar-refractivity contribution is 5.75. The van der Waals surface area contributed by atoms with Gasteiger partial charge in [0.2, 0.25) is 5.89 Å². The number of fused-ring (bicyclic) bond motifs is 1. The molecule has 0 aliphatic carbocycles. The smallest absolute Gasteiger partial charge is 0.271 e. The average Bonchev–Trinajstić information content (AvgIpc) is 2.96. The van der Waals surface area contributed by atoms with Crippen LogP contribution in [-0.4, -0.2) is 26.8 Å². The number of hydrogen-bond donors (Lipinski definition) is 0. The van der Waals surface area contributed by atoms with Crippen LogP contribution in [-0.2, 0) is 6.54 Å². The second-order valence-electron chi connectivity index (χ2n) is 5.39. The molecule has 2 aromatic heterocycles. The summed E-state index contributed by atoms with van der Waals surface area (Å²) in [6, 6.07) is 8.48. The van der Waals surface area contributed by atoms with Crippen LogP contribution in [0.4, 0.5) is 5.69 Å². The Labute approximate surface area is 132 Å². The molecule has 2 heterocycles. The maximum Gasteiger partial charge on any atom is 0.271 e. The summed E-state index contributed by atoms with van der Waals surface area (Å²) in [6.45, 7) is 2.57. The van der Waals surface area contributed by atoms with E-state index >= 15 is 0 Å². The molecule has 0 radical (unpaired) electrons. The number of pyridine rings is 1. The van der Waals surface area contributed by atoms with Crippen molar-refractivity contribution < 1.29 is 9.34 Å². The third kappa shape index (κ3) is 3.19. The van der Waals surface area contributed by atoms with Crippen LogP contribution in [0.25, 0.3) is 11.1 Å². The molecule has 0 fully saturated rings. The summed E-state index contributed by atoms with van der Waals surface area (Å²) in [5.74, 6) is 0.527. The Hall–Kier alpha value is -2.80. The largest absolute Gasteiger partial charge is 0.439 e. The van der Waals surface area contributed by atoms with Gasteiger partial charge in [-0.15, -0.1) is 0 Å². The molecule has 0 amide bonds. The van der Waals surface area contributed by atoms with E-state index in [1.165, 1.54) is 12.1 Å². The molecular weight excluding hydrogens is 296 g/mol. The van der Waals surface area contributed by atoms with E-state index in [-0.39, 0.29) is 11.7 Å². The van der Waals surface area contributed by atoms with Crippen molar-refractivity contribution in [2.24, 2.45) is 0 Å². The Kier molecular flexibility index (Phi) is 4.03. The van der Waals surface area contributed by atoms with Crippen LogP contribution in [0, 0.1) is 10.1 Å². The predicted octanol–water partition coefficient (Wildman–Crippen LogP) is 3.32. The summed E-state index contributed by atoms with van der Waals surface area (Å²) in [6.07, 6.45) is 3.57. The number of rotatable bonds is 5. The molecule has 0 N–H and O–H groups in total. The standard InChI is InChI=1S/C16H16N4O3/c1-11(12-4-3-7-17-9-12)19(2)10-16-18-14-8-13(20(21)22)5-6-15(14)23-16/h3-9,11H,10H2,1-2H3. The van der Waals surface area contributed by atoms with Gasteiger partial charge in [-0.05, 0) is 31.7 Å². The molecule has 7 heteroatoms. The van der Waals surface area contributed by atoms with Crippen molar-refractivity contribution in [1.82, 2.24) is 14.9 Å². The zero-order chi connectivity index (χ0) is 16.4. The highest BCUT2D eigenvalue weighted by Gasteiger charge is 2.16. The van der Waals surface area contributed by atoms with Crippen LogP contribution in [0.1, 0.15) is 24.4 Å². The highest BCUT2D eigenvalue weighted by Crippen LogP contribution is 2.24. The second kappa shape index (κ2) is 6.13. The molecule has 0 aliphatic rings. The second-order valence-corrected chi connectivity index (χ2v) is 5.39. The number of nitro groups is 1. The molecule has 0 aliphatic heterocycles. The molecule has 3 aromatic rings. The molecule has 3 rings (SSSR count). The van der Waals surface area contributed by atoms with Crippen LogP contribution in [0.5, 0.6) is 0 Å². The van der Waals surface area contributed by atoms with Gasteiger partial charge in [0, 0.05) is 30.6 Å². The van der Waals surface area contributed by atoms with Crippen LogP contribution >= 0.6 is 0 Å². The minimum atomic E-state index is -0.440. The molecule has 0 saturated heterocycles. The van der Waals surface area contributed by atoms with Crippen molar-refractivity contribution >= 4 is 16.8 Å². The van der Waals surface area contributed by atoms with Crippen molar-refractivity contribution in [3.63, 3.8) is 0 Å². The molecule has 0 saturated carbocycles. The Bertz CT molecular complexity index is 832. The summed E-state index contributed by atoms with van der Waals surface area (Å²) in [5, 5.41) is 10.8. The van der Waals surface area contributed by atoms with Gasteiger partial charge >= 0.3 is 0 Å². The Morgan fingerprint density at radius 3 is 2.91 bits per heavy atom. The Balaban J connectivity index is 1.79. The zero-order valence-corrected chi connectivity index (χ0v) is 12.8. The van der Waals surface area contributed by atoms with Crippen LogP contribution in [0.3, 0.4) is 0 Å². The number of oxazole rings is 1. The molecule has 23 heavy (non-hydrogen) atoms. The van der Waals surface area contributed by atoms with Gasteiger partial charge in [-0.25, -0.2) is 4.98 Å². The fourth-order valence-corrected chi connectivity index (χ4v) is 2.37. The van der Waals surface area contributed by atoms with Crippen molar-refractivity contribution in [2.75, 3.05) is 7.05 Å². The van der Waals surface area contributed by atoms with Gasteiger partial charge in [0.1, 0.15) is 5.52 Å². The third-order valence-corrected chi connectivity index (χ3v) is 3.84. The van der Waals surface area contributed by atoms with E-state index in [0.29, 0.717) is 23.5 Å². The van der Waals surface area contributed by atoms with Gasteiger partial charge in [0.15, 0.2) is 5.58 Å². The van der Waals surface area contributed by atoms with E-state index in [9.17, 15) is 10.1 Å². The highest BCUT2D eigenvalue weighted by atomic mass is 16.6. The van der Waals surface area contributed by atoms with E-state index in [0.717, 1.165) is 5.56 Å². The van der Waals surface area contributed by atoms with Crippen LogP contribution in [0.15, 0.2) is 47.1 Å². The first kappa shape index (κ1) is 15.1. The first-order valence-electron chi connectivity index (χ1n) is 7.18. The lowest BCUT2D eigenvalue weighted by Gasteiger charge is -2.23. The molecule has 0 bridgehead atoms. The molecule has 7 nitrogen and oxygen atoms in total. The lowest BCUT2D eigenvalue weighted by molar-refractivity contribution is -0.384. The van der Waals surface area contributed by atoms with E-state index in [1.807, 2.05) is 25.4 Å². The fourth-order valence-electron chi connectivity index (χ4n) is 2.37. The lowest BCUT2D eigenvalue weighted by atomic mass is 10.1. The lowest BCUT2D eigenvalue weighted by Crippen LogP contribution is -2.22. The van der Waals surface area contributed by atoms with Crippen molar-refractivity contribution in [1.29, 1.82) is 0 Å². The van der Waals surface area contributed by atoms with Crippen molar-refractivity contribution in [2.45, 2.75) is 19.5 Å². The van der Waals surface area contributed by atoms with Crippen LogP contribution in [0.2, 0.25) is 0 Å². The van der Waals surface area contributed by atoms with Crippen molar-refractivity contribution in [3.8, 4) is 0 Å². The number of benzene rings is 1. The number of hydrogen-bond acceptors (Lipinski definition) is 6. The van der Waals surface area contributed by atoms with Crippen molar-refractivity contribution in [3.05, 3.63) is 64.3 Å². The molecule has 0 spiro atoms. The molecular formula is C16H16N4O3. The molecule has 1 unspecified atom stereocenters. The Morgan fingerprint density at radius 1 is 1.39 bits per heavy atom. The quantitative estimate of drug-likeness (QED) is 0.530. The summed E-state index contributed by atoms with van der Waals surface area (Å²) in [5.41, 5.74) is 2.15. The number of nitrogens with zero attached hydrogens (tertiary/aromatic N) is 4. The van der Waals surface area contributed by atoms with E-state index in [2.05, 4.69) is 21.8 Å². The summed E-state index contributed by atoms with van der Waals surface area (Å²) in [7, 11) is 1.97. The number of nitro benzene ring substituents is 1. The maximum absolute atomic E-state index is 10.8. The molecule has 118 valence electrons. The average molecular weight is 312 g/mol. The van der Waals surface area contributed by atoms with Gasteiger partial charge in [0.05, 0.1) is 11.5 Å². The minimum absolute atomic E-state index is 0.00873. The van der Waals surface area contributed by atoms with E-state index < -0.39 is 4.92 Å². The first-order valence-corrected chi connectivity index (χ1v) is 7.18. The van der Waals surface area contributed by atoms with Gasteiger partial charge in [-0.1, -0.05) is 6.07 Å². The monoisotopic (exact) mass is 312 g/mol. The van der Waals surface area contributed by atoms with E-state index in [1.54, 1.807) is 12.3 Å². The zero-order valence-electron chi connectivity index (χ0n) is 12.8. The molecule has 1 atom stereocenters. The van der Waals surface area contributed by atoms with Gasteiger partial charge in [-0.3, -0.25) is 20.0 Å². The predicted molar refractivity (Wildman–Crippen MR) is 84.8 cm³/mol. The third-order valence-electron chi connectivity index (χ3n) is 3.84. The fraction of sp³-hybridized carbons (Fsp3) is 0.250. The van der Waals surface area contributed by atoms with Gasteiger partial charge in [-0.2, -0.15) is 0 Å². The minimum Gasteiger partial charge on any atom is -0.439 e. The topological polar surface area (TPSA) is 85.3 Å². The first-order chi connectivity index (χ1) is 11.0. The SMILES string of the molecule is CC(c1cccnc1)N(C)Cc1nc2cc([N+](=O)[O-])ccc2o1. The summed E-state index contributed by atoms with van der Waals surface area (Å²) >= 11 is 0. The summed E-state index contributed by atoms with van der Waals surface area (Å²) < 4.78 is 5.67. The van der Waals surface area contributed by atoms with Gasteiger partial charge in [0.25, 0.3) is 5.69 Å². The van der Waals surface area contributed by atoms with E-state index in [4.69, 9.17) is 4.42 Å². The maximum atomic E-state index is 10.8. The Morgan fingerprint density at radius 2 is 2.22 bits per heavy atom. The van der Waals surface area contributed by atoms with Gasteiger partial charge < -0.3 is 4.42 Å². The molecule has 1 aromatic carbocycles. The van der Waals surface area contributed by atoms with Crippen LogP contribution < -0.4 is 0 Å². The number of non-ortho nitro benzene ring substituents is 1. The number of aromatic nitrogens is 2. The summed E-state index contributed by atoms with van der Waals surface area (Å²) in [4.78, 5) is 20.9.